The molecule has 0 amide bonds. The molecule has 0 aliphatic rings. The Morgan fingerprint density at radius 2 is 1.88 bits per heavy atom. The molecule has 0 saturated carbocycles. The van der Waals surface area contributed by atoms with Crippen LogP contribution in [0.2, 0.25) is 0 Å². The molecule has 0 fully saturated rings. The fourth-order valence-electron chi connectivity index (χ4n) is 1.01. The Kier molecular flexibility index (Phi) is 4.39. The molecule has 1 aromatic rings. The van der Waals surface area contributed by atoms with Crippen LogP contribution in [0, 0.1) is 0 Å². The van der Waals surface area contributed by atoms with Crippen molar-refractivity contribution >= 4 is 22.1 Å². The maximum Gasteiger partial charge on any atom is 0.232 e. The van der Waals surface area contributed by atoms with Crippen LogP contribution in [-0.2, 0) is 10.0 Å². The molecule has 5 nitrogen and oxygen atoms in total. The molecule has 6 heteroatoms. The fraction of sp³-hybridized carbons (Fsp3) is 0.273. The van der Waals surface area contributed by atoms with E-state index in [0.29, 0.717) is 0 Å². The summed E-state index contributed by atoms with van der Waals surface area (Å²) in [6.07, 6.45) is 2.27. The number of nitrogens with zero attached hydrogens (tertiary/aromatic N) is 3. The van der Waals surface area contributed by atoms with Crippen molar-refractivity contribution in [2.75, 3.05) is 13.3 Å². The number of sulfonamides is 1. The minimum atomic E-state index is -3.25. The van der Waals surface area contributed by atoms with E-state index in [9.17, 15) is 8.42 Å². The summed E-state index contributed by atoms with van der Waals surface area (Å²) in [7, 11) is -1.84. The van der Waals surface area contributed by atoms with Crippen molar-refractivity contribution < 1.29 is 8.42 Å². The van der Waals surface area contributed by atoms with E-state index in [1.165, 1.54) is 13.4 Å². The van der Waals surface area contributed by atoms with E-state index in [1.54, 1.807) is 0 Å². The van der Waals surface area contributed by atoms with Gasteiger partial charge in [-0.15, -0.1) is 5.10 Å². The second-order valence-electron chi connectivity index (χ2n) is 3.56. The molecular weight excluding hydrogens is 238 g/mol. The van der Waals surface area contributed by atoms with E-state index in [2.05, 4.69) is 10.2 Å². The normalized spacial score (nSPS) is 13.0. The van der Waals surface area contributed by atoms with Crippen molar-refractivity contribution in [1.29, 1.82) is 0 Å². The van der Waals surface area contributed by atoms with E-state index >= 15 is 0 Å². The van der Waals surface area contributed by atoms with Gasteiger partial charge < -0.3 is 0 Å². The van der Waals surface area contributed by atoms with Gasteiger partial charge in [-0.25, -0.2) is 8.42 Å². The monoisotopic (exact) mass is 253 g/mol. The SMILES string of the molecule is C/C(=N\N=C\N(C)S(C)(=O)=O)c1ccccc1. The predicted octanol–water partition coefficient (Wildman–Crippen LogP) is 1.33. The number of benzene rings is 1. The fourth-order valence-corrected chi connectivity index (χ4v) is 1.22. The first-order chi connectivity index (χ1) is 7.91. The standard InChI is InChI=1S/C11H15N3O2S/c1-10(11-7-5-4-6-8-11)13-12-9-14(2)17(3,15)16/h4-9H,1-3H3/b12-9+,13-10+. The first kappa shape index (κ1) is 13.4. The summed E-state index contributed by atoms with van der Waals surface area (Å²) in [5, 5.41) is 7.65. The van der Waals surface area contributed by atoms with Crippen molar-refractivity contribution in [2.45, 2.75) is 6.92 Å². The van der Waals surface area contributed by atoms with Crippen LogP contribution in [0.4, 0.5) is 0 Å². The summed E-state index contributed by atoms with van der Waals surface area (Å²) in [6.45, 7) is 1.81. The molecule has 0 radical (unpaired) electrons. The highest BCUT2D eigenvalue weighted by molar-refractivity contribution is 7.88. The third-order valence-electron chi connectivity index (χ3n) is 2.14. The molecule has 0 atom stereocenters. The van der Waals surface area contributed by atoms with Gasteiger partial charge in [-0.05, 0) is 12.5 Å². The third-order valence-corrected chi connectivity index (χ3v) is 3.28. The minimum absolute atomic E-state index is 0.726. The quantitative estimate of drug-likeness (QED) is 0.461. The first-order valence-electron chi connectivity index (χ1n) is 4.97. The smallest absolute Gasteiger partial charge is 0.232 e. The third kappa shape index (κ3) is 4.36. The van der Waals surface area contributed by atoms with Crippen molar-refractivity contribution in [1.82, 2.24) is 4.31 Å². The first-order valence-corrected chi connectivity index (χ1v) is 6.82. The molecule has 0 aliphatic carbocycles. The molecule has 0 aliphatic heterocycles. The molecule has 92 valence electrons. The van der Waals surface area contributed by atoms with E-state index in [4.69, 9.17) is 0 Å². The van der Waals surface area contributed by atoms with Gasteiger partial charge in [0.25, 0.3) is 0 Å². The van der Waals surface area contributed by atoms with Gasteiger partial charge in [0.1, 0.15) is 6.34 Å². The van der Waals surface area contributed by atoms with Crippen LogP contribution in [0.5, 0.6) is 0 Å². The number of hydrogen-bond donors (Lipinski definition) is 0. The largest absolute Gasteiger partial charge is 0.262 e. The lowest BCUT2D eigenvalue weighted by molar-refractivity contribution is 0.562. The van der Waals surface area contributed by atoms with Crippen LogP contribution >= 0.6 is 0 Å². The molecule has 0 aromatic heterocycles. The van der Waals surface area contributed by atoms with Crippen molar-refractivity contribution in [3.63, 3.8) is 0 Å². The zero-order valence-corrected chi connectivity index (χ0v) is 10.8. The van der Waals surface area contributed by atoms with Gasteiger partial charge in [-0.1, -0.05) is 30.3 Å². The van der Waals surface area contributed by atoms with Crippen molar-refractivity contribution in [3.05, 3.63) is 35.9 Å². The highest BCUT2D eigenvalue weighted by Crippen LogP contribution is 2.00. The Bertz CT molecular complexity index is 521. The van der Waals surface area contributed by atoms with Crippen LogP contribution < -0.4 is 0 Å². The molecule has 0 N–H and O–H groups in total. The van der Waals surface area contributed by atoms with Gasteiger partial charge in [0, 0.05) is 7.05 Å². The minimum Gasteiger partial charge on any atom is -0.262 e. The molecule has 1 aromatic carbocycles. The van der Waals surface area contributed by atoms with Crippen molar-refractivity contribution in [3.8, 4) is 0 Å². The van der Waals surface area contributed by atoms with Crippen LogP contribution in [0.1, 0.15) is 12.5 Å². The summed E-state index contributed by atoms with van der Waals surface area (Å²) < 4.78 is 23.1. The van der Waals surface area contributed by atoms with Gasteiger partial charge in [0.05, 0.1) is 12.0 Å². The molecule has 17 heavy (non-hydrogen) atoms. The summed E-state index contributed by atoms with van der Waals surface area (Å²) in [6, 6.07) is 9.54. The summed E-state index contributed by atoms with van der Waals surface area (Å²) >= 11 is 0. The lowest BCUT2D eigenvalue weighted by Gasteiger charge is -2.07. The molecule has 0 heterocycles. The molecule has 0 saturated heterocycles. The van der Waals surface area contributed by atoms with Crippen LogP contribution in [0.15, 0.2) is 40.5 Å². The summed E-state index contributed by atoms with van der Waals surface area (Å²) in [5.41, 5.74) is 1.68. The van der Waals surface area contributed by atoms with Crippen LogP contribution in [-0.4, -0.2) is 38.1 Å². The van der Waals surface area contributed by atoms with E-state index in [-0.39, 0.29) is 0 Å². The number of rotatable bonds is 4. The Hall–Kier alpha value is -1.69. The molecule has 0 bridgehead atoms. The van der Waals surface area contributed by atoms with E-state index in [0.717, 1.165) is 21.8 Å². The Morgan fingerprint density at radius 1 is 1.29 bits per heavy atom. The zero-order valence-electron chi connectivity index (χ0n) is 10.0. The lowest BCUT2D eigenvalue weighted by atomic mass is 10.1. The predicted molar refractivity (Wildman–Crippen MR) is 69.8 cm³/mol. The zero-order chi connectivity index (χ0) is 12.9. The van der Waals surface area contributed by atoms with Gasteiger partial charge in [0.2, 0.25) is 10.0 Å². The van der Waals surface area contributed by atoms with Gasteiger partial charge in [-0.3, -0.25) is 4.31 Å². The lowest BCUT2D eigenvalue weighted by Crippen LogP contribution is -2.23. The Labute approximate surface area is 102 Å². The highest BCUT2D eigenvalue weighted by Gasteiger charge is 2.04. The average molecular weight is 253 g/mol. The van der Waals surface area contributed by atoms with Crippen LogP contribution in [0.3, 0.4) is 0 Å². The van der Waals surface area contributed by atoms with Crippen molar-refractivity contribution in [2.24, 2.45) is 10.2 Å². The molecule has 0 spiro atoms. The Balaban J connectivity index is 2.76. The van der Waals surface area contributed by atoms with Crippen LogP contribution in [0.25, 0.3) is 0 Å². The Morgan fingerprint density at radius 3 is 2.41 bits per heavy atom. The second kappa shape index (κ2) is 5.58. The maximum atomic E-state index is 11.1. The highest BCUT2D eigenvalue weighted by atomic mass is 32.2. The van der Waals surface area contributed by atoms with Gasteiger partial charge in [0.15, 0.2) is 0 Å². The maximum absolute atomic E-state index is 11.1. The average Bonchev–Trinajstić information content (AvgIpc) is 2.28. The van der Waals surface area contributed by atoms with Gasteiger partial charge in [-0.2, -0.15) is 5.10 Å². The summed E-state index contributed by atoms with van der Waals surface area (Å²) in [5.74, 6) is 0. The second-order valence-corrected chi connectivity index (χ2v) is 5.60. The van der Waals surface area contributed by atoms with E-state index in [1.807, 2.05) is 37.3 Å². The topological polar surface area (TPSA) is 62.1 Å². The summed E-state index contributed by atoms with van der Waals surface area (Å²) in [4.78, 5) is 0. The molecule has 1 rings (SSSR count). The molecule has 0 unspecified atom stereocenters. The van der Waals surface area contributed by atoms with E-state index < -0.39 is 10.0 Å². The molecular formula is C11H15N3O2S. The number of hydrogen-bond acceptors (Lipinski definition) is 4. The van der Waals surface area contributed by atoms with Gasteiger partial charge >= 0.3 is 0 Å².